The number of hydrogen-bond acceptors (Lipinski definition) is 3. The summed E-state index contributed by atoms with van der Waals surface area (Å²) in [5, 5.41) is 3.47. The normalized spacial score (nSPS) is 10.1. The molecule has 21 heavy (non-hydrogen) atoms. The minimum atomic E-state index is -0.226. The van der Waals surface area contributed by atoms with Crippen molar-refractivity contribution in [3.8, 4) is 11.5 Å². The number of amides is 1. The highest BCUT2D eigenvalue weighted by atomic mass is 127. The van der Waals surface area contributed by atoms with E-state index in [0.29, 0.717) is 27.8 Å². The molecule has 6 heteroatoms. The van der Waals surface area contributed by atoms with Crippen LogP contribution in [0.15, 0.2) is 36.4 Å². The van der Waals surface area contributed by atoms with E-state index in [4.69, 9.17) is 21.1 Å². The third kappa shape index (κ3) is 3.79. The van der Waals surface area contributed by atoms with Crippen LogP contribution in [0.4, 0.5) is 5.69 Å². The Morgan fingerprint density at radius 3 is 2.43 bits per heavy atom. The molecule has 0 bridgehead atoms. The molecule has 0 saturated heterocycles. The number of methoxy groups -OCH3 is 2. The van der Waals surface area contributed by atoms with Gasteiger partial charge in [0.25, 0.3) is 5.91 Å². The number of carbonyl (C=O) groups excluding carboxylic acids is 1. The van der Waals surface area contributed by atoms with Gasteiger partial charge in [-0.3, -0.25) is 4.79 Å². The van der Waals surface area contributed by atoms with E-state index >= 15 is 0 Å². The maximum Gasteiger partial charge on any atom is 0.255 e. The van der Waals surface area contributed by atoms with Crippen molar-refractivity contribution in [1.82, 2.24) is 0 Å². The Morgan fingerprint density at radius 2 is 1.81 bits per heavy atom. The van der Waals surface area contributed by atoms with Crippen LogP contribution in [0.1, 0.15) is 10.4 Å². The molecule has 0 unspecified atom stereocenters. The third-order valence-corrected chi connectivity index (χ3v) is 3.95. The number of hydrogen-bond donors (Lipinski definition) is 1. The van der Waals surface area contributed by atoms with Crippen LogP contribution in [0.5, 0.6) is 11.5 Å². The molecule has 0 saturated carbocycles. The lowest BCUT2D eigenvalue weighted by molar-refractivity contribution is 0.102. The Hall–Kier alpha value is -1.47. The van der Waals surface area contributed by atoms with E-state index in [0.717, 1.165) is 3.57 Å². The van der Waals surface area contributed by atoms with E-state index in [1.165, 1.54) is 7.11 Å². The van der Waals surface area contributed by atoms with Crippen molar-refractivity contribution >= 4 is 45.8 Å². The first kappa shape index (κ1) is 15.9. The molecular formula is C15H13ClINO3. The van der Waals surface area contributed by atoms with Gasteiger partial charge in [0, 0.05) is 14.2 Å². The zero-order valence-corrected chi connectivity index (χ0v) is 14.4. The number of nitrogens with one attached hydrogen (secondary N) is 1. The van der Waals surface area contributed by atoms with Crippen LogP contribution in [-0.4, -0.2) is 20.1 Å². The van der Waals surface area contributed by atoms with Crippen LogP contribution in [0.25, 0.3) is 0 Å². The second-order valence-electron chi connectivity index (χ2n) is 4.15. The van der Waals surface area contributed by atoms with Gasteiger partial charge in [-0.05, 0) is 59.0 Å². The molecule has 0 aliphatic heterocycles. The van der Waals surface area contributed by atoms with Crippen molar-refractivity contribution in [2.24, 2.45) is 0 Å². The minimum Gasteiger partial charge on any atom is -0.493 e. The minimum absolute atomic E-state index is 0.226. The highest BCUT2D eigenvalue weighted by Crippen LogP contribution is 2.28. The number of anilines is 1. The van der Waals surface area contributed by atoms with Gasteiger partial charge in [-0.2, -0.15) is 0 Å². The fourth-order valence-corrected chi connectivity index (χ4v) is 2.77. The van der Waals surface area contributed by atoms with Crippen molar-refractivity contribution < 1.29 is 14.3 Å². The molecule has 2 aromatic carbocycles. The molecule has 0 atom stereocenters. The second-order valence-corrected chi connectivity index (χ2v) is 5.75. The number of rotatable bonds is 4. The number of carbonyl (C=O) groups is 1. The summed E-state index contributed by atoms with van der Waals surface area (Å²) in [7, 11) is 3.08. The van der Waals surface area contributed by atoms with Gasteiger partial charge in [0.15, 0.2) is 11.5 Å². The van der Waals surface area contributed by atoms with Crippen LogP contribution in [0.3, 0.4) is 0 Å². The molecule has 0 aliphatic carbocycles. The Morgan fingerprint density at radius 1 is 1.10 bits per heavy atom. The highest BCUT2D eigenvalue weighted by molar-refractivity contribution is 14.1. The van der Waals surface area contributed by atoms with Crippen LogP contribution >= 0.6 is 34.2 Å². The lowest BCUT2D eigenvalue weighted by Crippen LogP contribution is -2.13. The second kappa shape index (κ2) is 7.00. The molecule has 4 nitrogen and oxygen atoms in total. The topological polar surface area (TPSA) is 47.6 Å². The first-order valence-corrected chi connectivity index (χ1v) is 7.49. The molecule has 0 radical (unpaired) electrons. The zero-order chi connectivity index (χ0) is 15.4. The average molecular weight is 418 g/mol. The van der Waals surface area contributed by atoms with E-state index in [9.17, 15) is 4.79 Å². The Bertz CT molecular complexity index is 676. The van der Waals surface area contributed by atoms with Gasteiger partial charge in [-0.1, -0.05) is 11.6 Å². The summed E-state index contributed by atoms with van der Waals surface area (Å²) in [4.78, 5) is 12.3. The summed E-state index contributed by atoms with van der Waals surface area (Å²) in [6.07, 6.45) is 0. The molecule has 2 rings (SSSR count). The number of halogens is 2. The first-order valence-electron chi connectivity index (χ1n) is 6.03. The summed E-state index contributed by atoms with van der Waals surface area (Å²) in [5.74, 6) is 0.863. The molecule has 2 aromatic rings. The van der Waals surface area contributed by atoms with Gasteiger partial charge in [0.2, 0.25) is 0 Å². The molecule has 0 spiro atoms. The SMILES string of the molecule is COc1ccc(C(=O)Nc2ccc(Cl)cc2I)cc1OC. The third-order valence-electron chi connectivity index (χ3n) is 2.83. The van der Waals surface area contributed by atoms with Gasteiger partial charge in [-0.25, -0.2) is 0 Å². The van der Waals surface area contributed by atoms with Crippen molar-refractivity contribution in [1.29, 1.82) is 0 Å². The van der Waals surface area contributed by atoms with Crippen LogP contribution < -0.4 is 14.8 Å². The van der Waals surface area contributed by atoms with Crippen molar-refractivity contribution in [2.45, 2.75) is 0 Å². The number of ether oxygens (including phenoxy) is 2. The smallest absolute Gasteiger partial charge is 0.255 e. The zero-order valence-electron chi connectivity index (χ0n) is 11.4. The predicted molar refractivity (Wildman–Crippen MR) is 91.7 cm³/mol. The molecule has 1 amide bonds. The first-order chi connectivity index (χ1) is 10.0. The molecule has 0 fully saturated rings. The van der Waals surface area contributed by atoms with Crippen molar-refractivity contribution in [2.75, 3.05) is 19.5 Å². The summed E-state index contributed by atoms with van der Waals surface area (Å²) < 4.78 is 11.2. The average Bonchev–Trinajstić information content (AvgIpc) is 2.49. The van der Waals surface area contributed by atoms with Gasteiger partial charge in [-0.15, -0.1) is 0 Å². The lowest BCUT2D eigenvalue weighted by atomic mass is 10.2. The molecular weight excluding hydrogens is 405 g/mol. The van der Waals surface area contributed by atoms with Gasteiger partial charge in [0.05, 0.1) is 19.9 Å². The van der Waals surface area contributed by atoms with E-state index < -0.39 is 0 Å². The van der Waals surface area contributed by atoms with Gasteiger partial charge < -0.3 is 14.8 Å². The van der Waals surface area contributed by atoms with E-state index in [1.807, 2.05) is 0 Å². The summed E-state index contributed by atoms with van der Waals surface area (Å²) >= 11 is 8.02. The Balaban J connectivity index is 2.24. The molecule has 0 heterocycles. The number of benzene rings is 2. The largest absolute Gasteiger partial charge is 0.493 e. The Kier molecular flexibility index (Phi) is 5.30. The summed E-state index contributed by atoms with van der Waals surface area (Å²) in [6, 6.07) is 10.3. The summed E-state index contributed by atoms with van der Waals surface area (Å²) in [5.41, 5.74) is 1.19. The summed E-state index contributed by atoms with van der Waals surface area (Å²) in [6.45, 7) is 0. The van der Waals surface area contributed by atoms with E-state index in [2.05, 4.69) is 27.9 Å². The molecule has 1 N–H and O–H groups in total. The van der Waals surface area contributed by atoms with Gasteiger partial charge in [0.1, 0.15) is 0 Å². The monoisotopic (exact) mass is 417 g/mol. The lowest BCUT2D eigenvalue weighted by Gasteiger charge is -2.11. The van der Waals surface area contributed by atoms with Crippen LogP contribution in [-0.2, 0) is 0 Å². The standard InChI is InChI=1S/C15H13ClINO3/c1-20-13-6-3-9(7-14(13)21-2)15(19)18-12-5-4-10(16)8-11(12)17/h3-8H,1-2H3,(H,18,19). The van der Waals surface area contributed by atoms with Crippen LogP contribution in [0.2, 0.25) is 5.02 Å². The molecule has 110 valence electrons. The molecule has 0 aromatic heterocycles. The van der Waals surface area contributed by atoms with Crippen molar-refractivity contribution in [3.05, 3.63) is 50.6 Å². The maximum absolute atomic E-state index is 12.3. The highest BCUT2D eigenvalue weighted by Gasteiger charge is 2.12. The predicted octanol–water partition coefficient (Wildman–Crippen LogP) is 4.21. The van der Waals surface area contributed by atoms with Gasteiger partial charge >= 0.3 is 0 Å². The van der Waals surface area contributed by atoms with E-state index in [-0.39, 0.29) is 5.91 Å². The fourth-order valence-electron chi connectivity index (χ4n) is 1.76. The fraction of sp³-hybridized carbons (Fsp3) is 0.133. The maximum atomic E-state index is 12.3. The van der Waals surface area contributed by atoms with Crippen molar-refractivity contribution in [3.63, 3.8) is 0 Å². The quantitative estimate of drug-likeness (QED) is 0.758. The van der Waals surface area contributed by atoms with E-state index in [1.54, 1.807) is 43.5 Å². The molecule has 0 aliphatic rings. The van der Waals surface area contributed by atoms with Crippen LogP contribution in [0, 0.1) is 3.57 Å². The Labute approximate surface area is 141 Å².